The lowest BCUT2D eigenvalue weighted by molar-refractivity contribution is -0.137. The Bertz CT molecular complexity index is 1080. The first kappa shape index (κ1) is 19.6. The van der Waals surface area contributed by atoms with Gasteiger partial charge in [-0.15, -0.1) is 10.2 Å². The molecule has 1 N–H and O–H groups in total. The molecule has 154 valence electrons. The maximum atomic E-state index is 12.9. The molecule has 0 saturated carbocycles. The number of piperidine rings is 1. The molecule has 0 radical (unpaired) electrons. The van der Waals surface area contributed by atoms with Crippen LogP contribution in [0.4, 0.5) is 13.2 Å². The maximum absolute atomic E-state index is 12.9. The van der Waals surface area contributed by atoms with Gasteiger partial charge in [-0.1, -0.05) is 0 Å². The number of alkyl halides is 3. The lowest BCUT2D eigenvalue weighted by Gasteiger charge is -2.31. The summed E-state index contributed by atoms with van der Waals surface area (Å²) >= 11 is 0. The molecule has 1 atom stereocenters. The molecule has 9 heteroatoms. The van der Waals surface area contributed by atoms with Crippen LogP contribution in [0.2, 0.25) is 0 Å². The van der Waals surface area contributed by atoms with Crippen molar-refractivity contribution in [1.29, 1.82) is 0 Å². The summed E-state index contributed by atoms with van der Waals surface area (Å²) in [6.07, 6.45) is -2.41. The minimum absolute atomic E-state index is 0.203. The molecule has 4 rings (SSSR count). The van der Waals surface area contributed by atoms with Gasteiger partial charge in [-0.3, -0.25) is 0 Å². The highest BCUT2D eigenvalue weighted by Gasteiger charge is 2.32. The van der Waals surface area contributed by atoms with Crippen molar-refractivity contribution in [2.45, 2.75) is 38.9 Å². The number of phenols is 1. The van der Waals surface area contributed by atoms with Gasteiger partial charge in [0, 0.05) is 23.7 Å². The van der Waals surface area contributed by atoms with Crippen molar-refractivity contribution in [3.63, 3.8) is 0 Å². The lowest BCUT2D eigenvalue weighted by atomic mass is 10.0. The first-order valence-corrected chi connectivity index (χ1v) is 9.47. The van der Waals surface area contributed by atoms with Crippen LogP contribution < -0.4 is 0 Å². The highest BCUT2D eigenvalue weighted by molar-refractivity contribution is 5.83. The predicted molar refractivity (Wildman–Crippen MR) is 103 cm³/mol. The SMILES string of the molecule is Cc1c(-c2ccc(C(F)(F)F)cc2O)nnc2c1nc(C)n2[C@@H]1CCCN(C)C1. The van der Waals surface area contributed by atoms with Crippen molar-refractivity contribution in [2.75, 3.05) is 20.1 Å². The third-order valence-electron chi connectivity index (χ3n) is 5.56. The van der Waals surface area contributed by atoms with E-state index in [2.05, 4.69) is 31.7 Å². The van der Waals surface area contributed by atoms with E-state index in [0.717, 1.165) is 37.8 Å². The molecule has 3 aromatic rings. The van der Waals surface area contributed by atoms with Gasteiger partial charge >= 0.3 is 6.18 Å². The van der Waals surface area contributed by atoms with Crippen molar-refractivity contribution >= 4 is 11.2 Å². The molecule has 1 saturated heterocycles. The van der Waals surface area contributed by atoms with Crippen LogP contribution in [0.3, 0.4) is 0 Å². The summed E-state index contributed by atoms with van der Waals surface area (Å²) in [5.41, 5.74) is 1.61. The highest BCUT2D eigenvalue weighted by Crippen LogP contribution is 2.38. The molecule has 0 aliphatic carbocycles. The summed E-state index contributed by atoms with van der Waals surface area (Å²) in [6.45, 7) is 5.68. The average Bonchev–Trinajstić information content (AvgIpc) is 2.98. The molecule has 6 nitrogen and oxygen atoms in total. The molecule has 29 heavy (non-hydrogen) atoms. The molecule has 0 amide bonds. The molecule has 3 heterocycles. The number of benzene rings is 1. The van der Waals surface area contributed by atoms with Crippen LogP contribution in [0.1, 0.15) is 35.8 Å². The summed E-state index contributed by atoms with van der Waals surface area (Å²) < 4.78 is 40.8. The number of aromatic hydroxyl groups is 1. The van der Waals surface area contributed by atoms with E-state index < -0.39 is 17.5 Å². The number of fused-ring (bicyclic) bond motifs is 1. The van der Waals surface area contributed by atoms with Crippen LogP contribution in [0, 0.1) is 13.8 Å². The Morgan fingerprint density at radius 2 is 1.93 bits per heavy atom. The minimum Gasteiger partial charge on any atom is -0.507 e. The molecular weight excluding hydrogens is 383 g/mol. The van der Waals surface area contributed by atoms with E-state index in [1.54, 1.807) is 6.92 Å². The van der Waals surface area contributed by atoms with Crippen molar-refractivity contribution in [3.8, 4) is 17.0 Å². The Balaban J connectivity index is 1.80. The number of rotatable bonds is 2. The van der Waals surface area contributed by atoms with Crippen molar-refractivity contribution < 1.29 is 18.3 Å². The van der Waals surface area contributed by atoms with E-state index in [9.17, 15) is 18.3 Å². The fourth-order valence-corrected chi connectivity index (χ4v) is 4.12. The van der Waals surface area contributed by atoms with Gasteiger partial charge in [0.05, 0.1) is 5.56 Å². The highest BCUT2D eigenvalue weighted by atomic mass is 19.4. The van der Waals surface area contributed by atoms with Gasteiger partial charge in [0.2, 0.25) is 0 Å². The smallest absolute Gasteiger partial charge is 0.416 e. The van der Waals surface area contributed by atoms with Crippen LogP contribution >= 0.6 is 0 Å². The largest absolute Gasteiger partial charge is 0.507 e. The monoisotopic (exact) mass is 405 g/mol. The lowest BCUT2D eigenvalue weighted by Crippen LogP contribution is -2.34. The van der Waals surface area contributed by atoms with Gasteiger partial charge in [-0.2, -0.15) is 13.2 Å². The predicted octanol–water partition coefficient (Wildman–Crippen LogP) is 4.10. The molecule has 2 aromatic heterocycles. The standard InChI is InChI=1S/C20H22F3N5O/c1-11-17(15-7-6-13(9-16(15)29)20(21,22)23)25-26-19-18(11)24-12(2)28(19)14-5-4-8-27(3)10-14/h6-7,9,14,29H,4-5,8,10H2,1-3H3/t14-/m1/s1. The Hall–Kier alpha value is -2.68. The molecular formula is C20H22F3N5O. The number of imidazole rings is 1. The Labute approximate surface area is 166 Å². The van der Waals surface area contributed by atoms with Crippen LogP contribution in [0.25, 0.3) is 22.4 Å². The van der Waals surface area contributed by atoms with Gasteiger partial charge in [0.15, 0.2) is 5.65 Å². The number of phenolic OH excluding ortho intramolecular Hbond substituents is 1. The van der Waals surface area contributed by atoms with E-state index in [-0.39, 0.29) is 11.6 Å². The number of likely N-dealkylation sites (tertiary alicyclic amines) is 1. The van der Waals surface area contributed by atoms with E-state index in [1.165, 1.54) is 6.07 Å². The molecule has 0 spiro atoms. The molecule has 0 bridgehead atoms. The van der Waals surface area contributed by atoms with Crippen LogP contribution in [-0.2, 0) is 6.18 Å². The maximum Gasteiger partial charge on any atom is 0.416 e. The number of aryl methyl sites for hydroxylation is 2. The topological polar surface area (TPSA) is 67.1 Å². The van der Waals surface area contributed by atoms with Gasteiger partial charge in [0.1, 0.15) is 22.8 Å². The number of aromatic nitrogens is 4. The number of likely N-dealkylation sites (N-methyl/N-ethyl adjacent to an activating group) is 1. The fraction of sp³-hybridized carbons (Fsp3) is 0.450. The molecule has 1 aromatic carbocycles. The first-order chi connectivity index (χ1) is 13.7. The average molecular weight is 405 g/mol. The van der Waals surface area contributed by atoms with E-state index in [0.29, 0.717) is 28.5 Å². The van der Waals surface area contributed by atoms with Crippen molar-refractivity contribution in [3.05, 3.63) is 35.2 Å². The second kappa shape index (κ2) is 6.98. The van der Waals surface area contributed by atoms with E-state index in [4.69, 9.17) is 0 Å². The van der Waals surface area contributed by atoms with Crippen LogP contribution in [0.15, 0.2) is 18.2 Å². The second-order valence-electron chi connectivity index (χ2n) is 7.66. The van der Waals surface area contributed by atoms with Gasteiger partial charge in [-0.05, 0) is 58.5 Å². The van der Waals surface area contributed by atoms with Crippen molar-refractivity contribution in [2.24, 2.45) is 0 Å². The summed E-state index contributed by atoms with van der Waals surface area (Å²) in [5.74, 6) is 0.341. The van der Waals surface area contributed by atoms with Crippen LogP contribution in [-0.4, -0.2) is 49.9 Å². The van der Waals surface area contributed by atoms with E-state index >= 15 is 0 Å². The quantitative estimate of drug-likeness (QED) is 0.695. The molecule has 1 aliphatic rings. The minimum atomic E-state index is -4.52. The molecule has 1 aliphatic heterocycles. The van der Waals surface area contributed by atoms with Crippen LogP contribution in [0.5, 0.6) is 5.75 Å². The Kier molecular flexibility index (Phi) is 4.72. The normalized spacial score (nSPS) is 18.5. The number of halogens is 3. The Morgan fingerprint density at radius 3 is 2.59 bits per heavy atom. The first-order valence-electron chi connectivity index (χ1n) is 9.47. The summed E-state index contributed by atoms with van der Waals surface area (Å²) in [4.78, 5) is 6.94. The third kappa shape index (κ3) is 3.43. The zero-order chi connectivity index (χ0) is 20.9. The summed E-state index contributed by atoms with van der Waals surface area (Å²) in [5, 5.41) is 18.8. The zero-order valence-electron chi connectivity index (χ0n) is 16.5. The van der Waals surface area contributed by atoms with Crippen molar-refractivity contribution in [1.82, 2.24) is 24.6 Å². The molecule has 0 unspecified atom stereocenters. The number of hydrogen-bond acceptors (Lipinski definition) is 5. The molecule has 1 fully saturated rings. The summed E-state index contributed by atoms with van der Waals surface area (Å²) in [7, 11) is 2.09. The summed E-state index contributed by atoms with van der Waals surface area (Å²) in [6, 6.07) is 3.11. The number of hydrogen-bond donors (Lipinski definition) is 1. The fourth-order valence-electron chi connectivity index (χ4n) is 4.12. The van der Waals surface area contributed by atoms with Gasteiger partial charge in [-0.25, -0.2) is 4.98 Å². The number of nitrogens with zero attached hydrogens (tertiary/aromatic N) is 5. The second-order valence-corrected chi connectivity index (χ2v) is 7.66. The van der Waals surface area contributed by atoms with E-state index in [1.807, 2.05) is 6.92 Å². The Morgan fingerprint density at radius 1 is 1.17 bits per heavy atom. The van der Waals surface area contributed by atoms with Gasteiger partial charge in [0.25, 0.3) is 0 Å². The zero-order valence-corrected chi connectivity index (χ0v) is 16.5. The van der Waals surface area contributed by atoms with Gasteiger partial charge < -0.3 is 14.6 Å². The third-order valence-corrected chi connectivity index (χ3v) is 5.56.